The average molecular weight is 354 g/mol. The van der Waals surface area contributed by atoms with Gasteiger partial charge in [-0.25, -0.2) is 13.6 Å². The third-order valence-corrected chi connectivity index (χ3v) is 3.44. The number of rotatable bonds is 5. The van der Waals surface area contributed by atoms with Crippen LogP contribution in [-0.2, 0) is 9.53 Å². The van der Waals surface area contributed by atoms with Crippen molar-refractivity contribution in [2.24, 2.45) is 0 Å². The normalized spacial score (nSPS) is 11.7. The maximum Gasteiger partial charge on any atom is 0.338 e. The molecule has 0 radical (unpaired) electrons. The Morgan fingerprint density at radius 2 is 1.96 bits per heavy atom. The molecule has 1 atom stereocenters. The molecule has 0 aliphatic rings. The molecule has 0 fully saturated rings. The molecule has 0 saturated carbocycles. The van der Waals surface area contributed by atoms with Gasteiger partial charge in [0.1, 0.15) is 11.6 Å². The smallest absolute Gasteiger partial charge is 0.338 e. The number of benzene rings is 2. The summed E-state index contributed by atoms with van der Waals surface area (Å²) in [5.41, 5.74) is 0.346. The fourth-order valence-electron chi connectivity index (χ4n) is 2.04. The van der Waals surface area contributed by atoms with E-state index in [9.17, 15) is 18.4 Å². The van der Waals surface area contributed by atoms with E-state index >= 15 is 0 Å². The number of halogens is 3. The SMILES string of the molecule is C[C@@H](NC(=O)COC(=O)c1cccc(Cl)c1)c1ccc(F)cc1F. The highest BCUT2D eigenvalue weighted by molar-refractivity contribution is 6.30. The Balaban J connectivity index is 1.90. The lowest BCUT2D eigenvalue weighted by Gasteiger charge is -2.15. The Hall–Kier alpha value is -2.47. The molecule has 24 heavy (non-hydrogen) atoms. The zero-order valence-corrected chi connectivity index (χ0v) is 13.4. The summed E-state index contributed by atoms with van der Waals surface area (Å²) in [5.74, 6) is -2.78. The molecule has 0 spiro atoms. The highest BCUT2D eigenvalue weighted by Crippen LogP contribution is 2.17. The molecule has 126 valence electrons. The van der Waals surface area contributed by atoms with Gasteiger partial charge in [-0.2, -0.15) is 0 Å². The lowest BCUT2D eigenvalue weighted by atomic mass is 10.1. The van der Waals surface area contributed by atoms with Gasteiger partial charge in [-0.3, -0.25) is 4.79 Å². The van der Waals surface area contributed by atoms with E-state index in [4.69, 9.17) is 16.3 Å². The molecule has 2 aromatic carbocycles. The Morgan fingerprint density at radius 3 is 2.62 bits per heavy atom. The van der Waals surface area contributed by atoms with Gasteiger partial charge in [-0.1, -0.05) is 23.7 Å². The average Bonchev–Trinajstić information content (AvgIpc) is 2.52. The maximum atomic E-state index is 13.6. The minimum absolute atomic E-state index is 0.130. The standard InChI is InChI=1S/C17H14ClF2NO3/c1-10(14-6-5-13(19)8-15(14)20)21-16(22)9-24-17(23)11-3-2-4-12(18)7-11/h2-8,10H,9H2,1H3,(H,21,22)/t10-/m1/s1. The fourth-order valence-corrected chi connectivity index (χ4v) is 2.23. The van der Waals surface area contributed by atoms with E-state index < -0.39 is 36.2 Å². The number of hydrogen-bond acceptors (Lipinski definition) is 3. The molecule has 1 N–H and O–H groups in total. The summed E-state index contributed by atoms with van der Waals surface area (Å²) in [6.07, 6.45) is 0. The highest BCUT2D eigenvalue weighted by atomic mass is 35.5. The number of carbonyl (C=O) groups is 2. The van der Waals surface area contributed by atoms with E-state index in [2.05, 4.69) is 5.32 Å². The topological polar surface area (TPSA) is 55.4 Å². The molecule has 0 aliphatic heterocycles. The van der Waals surface area contributed by atoms with Crippen LogP contribution in [0.2, 0.25) is 5.02 Å². The predicted octanol–water partition coefficient (Wildman–Crippen LogP) is 3.65. The Morgan fingerprint density at radius 1 is 1.21 bits per heavy atom. The highest BCUT2D eigenvalue weighted by Gasteiger charge is 2.16. The van der Waals surface area contributed by atoms with Crippen molar-refractivity contribution in [2.75, 3.05) is 6.61 Å². The monoisotopic (exact) mass is 353 g/mol. The van der Waals surface area contributed by atoms with Crippen LogP contribution in [0.15, 0.2) is 42.5 Å². The van der Waals surface area contributed by atoms with Gasteiger partial charge in [0, 0.05) is 16.7 Å². The quantitative estimate of drug-likeness (QED) is 0.835. The number of nitrogens with one attached hydrogen (secondary N) is 1. The predicted molar refractivity (Wildman–Crippen MR) is 84.7 cm³/mol. The Bertz CT molecular complexity index is 767. The zero-order valence-electron chi connectivity index (χ0n) is 12.7. The number of carbonyl (C=O) groups excluding carboxylic acids is 2. The van der Waals surface area contributed by atoms with Crippen LogP contribution < -0.4 is 5.32 Å². The van der Waals surface area contributed by atoms with Crippen molar-refractivity contribution in [3.8, 4) is 0 Å². The Labute approximate surface area is 142 Å². The van der Waals surface area contributed by atoms with Gasteiger partial charge in [0.25, 0.3) is 5.91 Å². The molecule has 0 saturated heterocycles. The van der Waals surface area contributed by atoms with Crippen molar-refractivity contribution in [2.45, 2.75) is 13.0 Å². The summed E-state index contributed by atoms with van der Waals surface area (Å²) in [7, 11) is 0. The van der Waals surface area contributed by atoms with E-state index in [-0.39, 0.29) is 11.1 Å². The summed E-state index contributed by atoms with van der Waals surface area (Å²) >= 11 is 5.76. The van der Waals surface area contributed by atoms with Crippen molar-refractivity contribution in [1.29, 1.82) is 0 Å². The molecule has 2 rings (SSSR count). The van der Waals surface area contributed by atoms with Crippen LogP contribution in [0.3, 0.4) is 0 Å². The van der Waals surface area contributed by atoms with Crippen LogP contribution in [0.4, 0.5) is 8.78 Å². The molecule has 2 aromatic rings. The lowest BCUT2D eigenvalue weighted by molar-refractivity contribution is -0.124. The molecular weight excluding hydrogens is 340 g/mol. The summed E-state index contributed by atoms with van der Waals surface area (Å²) in [5, 5.41) is 2.84. The molecular formula is C17H14ClF2NO3. The van der Waals surface area contributed by atoms with Gasteiger partial charge in [0.15, 0.2) is 6.61 Å². The van der Waals surface area contributed by atoms with Gasteiger partial charge in [0.2, 0.25) is 0 Å². The first-order chi connectivity index (χ1) is 11.4. The molecule has 0 aliphatic carbocycles. The second kappa shape index (κ2) is 7.88. The van der Waals surface area contributed by atoms with Crippen molar-refractivity contribution in [3.05, 3.63) is 70.2 Å². The van der Waals surface area contributed by atoms with Crippen LogP contribution >= 0.6 is 11.6 Å². The molecule has 7 heteroatoms. The van der Waals surface area contributed by atoms with Gasteiger partial charge < -0.3 is 10.1 Å². The Kier molecular flexibility index (Phi) is 5.87. The van der Waals surface area contributed by atoms with Crippen LogP contribution in [0, 0.1) is 11.6 Å². The first-order valence-corrected chi connectivity index (χ1v) is 7.41. The minimum Gasteiger partial charge on any atom is -0.452 e. The van der Waals surface area contributed by atoms with E-state index in [1.54, 1.807) is 12.1 Å². The van der Waals surface area contributed by atoms with Crippen LogP contribution in [0.5, 0.6) is 0 Å². The van der Waals surface area contributed by atoms with Crippen molar-refractivity contribution >= 4 is 23.5 Å². The lowest BCUT2D eigenvalue weighted by Crippen LogP contribution is -2.31. The zero-order chi connectivity index (χ0) is 17.7. The summed E-state index contributed by atoms with van der Waals surface area (Å²) in [6.45, 7) is 1.01. The number of amides is 1. The third kappa shape index (κ3) is 4.76. The van der Waals surface area contributed by atoms with E-state index in [1.807, 2.05) is 0 Å². The van der Waals surface area contributed by atoms with E-state index in [0.29, 0.717) is 5.02 Å². The van der Waals surface area contributed by atoms with Crippen molar-refractivity contribution in [3.63, 3.8) is 0 Å². The van der Waals surface area contributed by atoms with Crippen molar-refractivity contribution in [1.82, 2.24) is 5.32 Å². The summed E-state index contributed by atoms with van der Waals surface area (Å²) in [6, 6.07) is 8.47. The first-order valence-electron chi connectivity index (χ1n) is 7.04. The second-order valence-corrected chi connectivity index (χ2v) is 5.48. The second-order valence-electron chi connectivity index (χ2n) is 5.04. The van der Waals surface area contributed by atoms with E-state index in [1.165, 1.54) is 25.1 Å². The summed E-state index contributed by atoms with van der Waals surface area (Å²) < 4.78 is 31.4. The third-order valence-electron chi connectivity index (χ3n) is 3.20. The molecule has 0 aromatic heterocycles. The largest absolute Gasteiger partial charge is 0.452 e. The molecule has 0 unspecified atom stereocenters. The van der Waals surface area contributed by atoms with Crippen LogP contribution in [0.25, 0.3) is 0 Å². The van der Waals surface area contributed by atoms with Gasteiger partial charge in [0.05, 0.1) is 11.6 Å². The molecule has 4 nitrogen and oxygen atoms in total. The van der Waals surface area contributed by atoms with Crippen molar-refractivity contribution < 1.29 is 23.1 Å². The number of ether oxygens (including phenoxy) is 1. The molecule has 0 bridgehead atoms. The fraction of sp³-hybridized carbons (Fsp3) is 0.176. The van der Waals surface area contributed by atoms with Crippen LogP contribution in [-0.4, -0.2) is 18.5 Å². The first kappa shape index (κ1) is 17.9. The van der Waals surface area contributed by atoms with Gasteiger partial charge in [-0.05, 0) is 31.2 Å². The van der Waals surface area contributed by atoms with Gasteiger partial charge in [-0.15, -0.1) is 0 Å². The molecule has 0 heterocycles. The van der Waals surface area contributed by atoms with Gasteiger partial charge >= 0.3 is 5.97 Å². The summed E-state index contributed by atoms with van der Waals surface area (Å²) in [4.78, 5) is 23.6. The van der Waals surface area contributed by atoms with Crippen LogP contribution in [0.1, 0.15) is 28.9 Å². The maximum absolute atomic E-state index is 13.6. The number of esters is 1. The molecule has 1 amide bonds. The number of hydrogen-bond donors (Lipinski definition) is 1. The van der Waals surface area contributed by atoms with E-state index in [0.717, 1.165) is 12.1 Å². The minimum atomic E-state index is -0.765.